The van der Waals surface area contributed by atoms with Gasteiger partial charge in [-0.25, -0.2) is 13.4 Å². The molecule has 0 aliphatic carbocycles. The van der Waals surface area contributed by atoms with Crippen molar-refractivity contribution in [1.82, 2.24) is 9.97 Å². The maximum absolute atomic E-state index is 11.2. The van der Waals surface area contributed by atoms with Gasteiger partial charge in [-0.15, -0.1) is 0 Å². The van der Waals surface area contributed by atoms with Crippen LogP contribution < -0.4 is 0 Å². The fraction of sp³-hybridized carbons (Fsp3) is 0.125. The van der Waals surface area contributed by atoms with Crippen molar-refractivity contribution in [2.75, 3.05) is 0 Å². The van der Waals surface area contributed by atoms with Gasteiger partial charge in [0, 0.05) is 28.0 Å². The first-order valence-electron chi connectivity index (χ1n) is 3.88. The normalized spacial score (nSPS) is 12.1. The van der Waals surface area contributed by atoms with Crippen LogP contribution in [0.2, 0.25) is 0 Å². The molecule has 4 nitrogen and oxygen atoms in total. The Hall–Kier alpha value is -1.07. The van der Waals surface area contributed by atoms with Gasteiger partial charge in [0.25, 0.3) is 9.05 Å². The average molecular weight is 231 g/mol. The van der Waals surface area contributed by atoms with Gasteiger partial charge in [-0.2, -0.15) is 0 Å². The number of nitrogens with one attached hydrogen (secondary N) is 1. The molecule has 74 valence electrons. The zero-order chi connectivity index (χ0) is 10.3. The summed E-state index contributed by atoms with van der Waals surface area (Å²) in [4.78, 5) is 6.97. The van der Waals surface area contributed by atoms with Crippen molar-refractivity contribution in [3.63, 3.8) is 0 Å². The van der Waals surface area contributed by atoms with Gasteiger partial charge < -0.3 is 4.98 Å². The summed E-state index contributed by atoms with van der Waals surface area (Å²) in [6, 6.07) is 3.34. The maximum Gasteiger partial charge on any atom is 0.263 e. The van der Waals surface area contributed by atoms with Crippen LogP contribution in [0.5, 0.6) is 0 Å². The first kappa shape index (κ1) is 9.48. The second-order valence-electron chi connectivity index (χ2n) is 2.92. The van der Waals surface area contributed by atoms with Crippen molar-refractivity contribution in [2.24, 2.45) is 0 Å². The summed E-state index contributed by atoms with van der Waals surface area (Å²) in [5.41, 5.74) is 1.04. The zero-order valence-corrected chi connectivity index (χ0v) is 8.85. The standard InChI is InChI=1S/C8H7ClN2O2S/c1-5-7(14(9,12)13)6-3-2-4-10-8(6)11-5/h2-4H,1H3,(H,10,11). The third-order valence-electron chi connectivity index (χ3n) is 1.94. The molecule has 2 heterocycles. The van der Waals surface area contributed by atoms with Crippen LogP contribution in [0.15, 0.2) is 23.2 Å². The molecule has 0 aliphatic rings. The molecule has 0 spiro atoms. The molecule has 0 fully saturated rings. The number of aryl methyl sites for hydroxylation is 1. The summed E-state index contributed by atoms with van der Waals surface area (Å²) in [6.45, 7) is 1.65. The van der Waals surface area contributed by atoms with E-state index >= 15 is 0 Å². The van der Waals surface area contributed by atoms with Crippen molar-refractivity contribution in [3.05, 3.63) is 24.0 Å². The summed E-state index contributed by atoms with van der Waals surface area (Å²) in [5.74, 6) is 0. The maximum atomic E-state index is 11.2. The zero-order valence-electron chi connectivity index (χ0n) is 7.28. The Morgan fingerprint density at radius 2 is 2.21 bits per heavy atom. The number of fused-ring (bicyclic) bond motifs is 1. The lowest BCUT2D eigenvalue weighted by Crippen LogP contribution is -1.91. The lowest BCUT2D eigenvalue weighted by molar-refractivity contribution is 0.610. The highest BCUT2D eigenvalue weighted by atomic mass is 35.7. The van der Waals surface area contributed by atoms with Crippen molar-refractivity contribution in [1.29, 1.82) is 0 Å². The number of aromatic amines is 1. The minimum absolute atomic E-state index is 0.113. The summed E-state index contributed by atoms with van der Waals surface area (Å²) in [7, 11) is 1.59. The Kier molecular flexibility index (Phi) is 2.01. The van der Waals surface area contributed by atoms with Gasteiger partial charge in [0.05, 0.1) is 0 Å². The topological polar surface area (TPSA) is 62.8 Å². The SMILES string of the molecule is Cc1[nH]c2ncccc2c1S(=O)(=O)Cl. The third kappa shape index (κ3) is 1.38. The quantitative estimate of drug-likeness (QED) is 0.760. The minimum Gasteiger partial charge on any atom is -0.342 e. The van der Waals surface area contributed by atoms with Gasteiger partial charge in [0.15, 0.2) is 0 Å². The molecule has 0 amide bonds. The number of hydrogen-bond donors (Lipinski definition) is 1. The molecule has 2 aromatic heterocycles. The molecule has 14 heavy (non-hydrogen) atoms. The first-order chi connectivity index (χ1) is 6.50. The monoisotopic (exact) mass is 230 g/mol. The minimum atomic E-state index is -3.72. The summed E-state index contributed by atoms with van der Waals surface area (Å²) in [6.07, 6.45) is 1.59. The summed E-state index contributed by atoms with van der Waals surface area (Å²) in [5, 5.41) is 0.528. The average Bonchev–Trinajstić information content (AvgIpc) is 2.38. The number of rotatable bonds is 1. The molecule has 2 aromatic rings. The van der Waals surface area contributed by atoms with Crippen molar-refractivity contribution >= 4 is 30.8 Å². The first-order valence-corrected chi connectivity index (χ1v) is 6.19. The third-order valence-corrected chi connectivity index (χ3v) is 3.42. The van der Waals surface area contributed by atoms with Crippen molar-refractivity contribution in [3.8, 4) is 0 Å². The van der Waals surface area contributed by atoms with E-state index in [9.17, 15) is 8.42 Å². The van der Waals surface area contributed by atoms with E-state index in [-0.39, 0.29) is 4.90 Å². The van der Waals surface area contributed by atoms with Crippen molar-refractivity contribution < 1.29 is 8.42 Å². The second kappa shape index (κ2) is 2.96. The van der Waals surface area contributed by atoms with E-state index in [2.05, 4.69) is 9.97 Å². The number of H-pyrrole nitrogens is 1. The van der Waals surface area contributed by atoms with Crippen LogP contribution in [0.25, 0.3) is 11.0 Å². The van der Waals surface area contributed by atoms with Gasteiger partial charge in [-0.05, 0) is 19.1 Å². The predicted octanol–water partition coefficient (Wildman–Crippen LogP) is 1.80. The number of nitrogens with zero attached hydrogens (tertiary/aromatic N) is 1. The Bertz CT molecular complexity index is 588. The number of aromatic nitrogens is 2. The molecule has 2 rings (SSSR count). The number of pyridine rings is 1. The molecule has 0 unspecified atom stereocenters. The predicted molar refractivity (Wildman–Crippen MR) is 53.9 cm³/mol. The molecule has 0 aliphatic heterocycles. The van der Waals surface area contributed by atoms with Crippen LogP contribution in [0.3, 0.4) is 0 Å². The highest BCUT2D eigenvalue weighted by Crippen LogP contribution is 2.27. The van der Waals surface area contributed by atoms with E-state index < -0.39 is 9.05 Å². The Morgan fingerprint density at radius 3 is 2.86 bits per heavy atom. The fourth-order valence-electron chi connectivity index (χ4n) is 1.44. The molecule has 0 bridgehead atoms. The Morgan fingerprint density at radius 1 is 1.50 bits per heavy atom. The van der Waals surface area contributed by atoms with E-state index in [4.69, 9.17) is 10.7 Å². The smallest absolute Gasteiger partial charge is 0.263 e. The molecule has 0 saturated heterocycles. The lowest BCUT2D eigenvalue weighted by atomic mass is 10.3. The lowest BCUT2D eigenvalue weighted by Gasteiger charge is -1.93. The fourth-order valence-corrected chi connectivity index (χ4v) is 2.88. The molecule has 0 atom stereocenters. The van der Waals surface area contributed by atoms with E-state index in [1.54, 1.807) is 25.3 Å². The second-order valence-corrected chi connectivity index (χ2v) is 5.42. The summed E-state index contributed by atoms with van der Waals surface area (Å²) < 4.78 is 22.5. The van der Waals surface area contributed by atoms with Gasteiger partial charge in [-0.3, -0.25) is 0 Å². The van der Waals surface area contributed by atoms with Gasteiger partial charge in [-0.1, -0.05) is 0 Å². The van der Waals surface area contributed by atoms with Gasteiger partial charge >= 0.3 is 0 Å². The molecule has 0 radical (unpaired) electrons. The molecule has 1 N–H and O–H groups in total. The van der Waals surface area contributed by atoms with Crippen LogP contribution in [0.4, 0.5) is 0 Å². The van der Waals surface area contributed by atoms with Crippen LogP contribution >= 0.6 is 10.7 Å². The van der Waals surface area contributed by atoms with Crippen LogP contribution in [0.1, 0.15) is 5.69 Å². The highest BCUT2D eigenvalue weighted by Gasteiger charge is 2.19. The van der Waals surface area contributed by atoms with E-state index in [0.717, 1.165) is 0 Å². The largest absolute Gasteiger partial charge is 0.342 e. The molecule has 0 saturated carbocycles. The van der Waals surface area contributed by atoms with E-state index in [1.807, 2.05) is 0 Å². The van der Waals surface area contributed by atoms with Crippen LogP contribution in [-0.4, -0.2) is 18.4 Å². The summed E-state index contributed by atoms with van der Waals surface area (Å²) >= 11 is 0. The Labute approximate surface area is 85.3 Å². The number of hydrogen-bond acceptors (Lipinski definition) is 3. The molecule has 0 aromatic carbocycles. The number of halogens is 1. The molecular weight excluding hydrogens is 224 g/mol. The van der Waals surface area contributed by atoms with E-state index in [0.29, 0.717) is 16.7 Å². The van der Waals surface area contributed by atoms with Crippen LogP contribution in [-0.2, 0) is 9.05 Å². The highest BCUT2D eigenvalue weighted by molar-refractivity contribution is 8.14. The van der Waals surface area contributed by atoms with Gasteiger partial charge in [0.1, 0.15) is 10.5 Å². The molecule has 6 heteroatoms. The van der Waals surface area contributed by atoms with Crippen molar-refractivity contribution in [2.45, 2.75) is 11.8 Å². The van der Waals surface area contributed by atoms with E-state index in [1.165, 1.54) is 0 Å². The molecular formula is C8H7ClN2O2S. The van der Waals surface area contributed by atoms with Crippen LogP contribution in [0, 0.1) is 6.92 Å². The Balaban J connectivity index is 2.95. The van der Waals surface area contributed by atoms with Gasteiger partial charge in [0.2, 0.25) is 0 Å².